The van der Waals surface area contributed by atoms with Crippen molar-refractivity contribution in [1.29, 1.82) is 0 Å². The molecule has 8 nitrogen and oxygen atoms in total. The molecule has 0 saturated carbocycles. The number of primary amides is 1. The molecular formula is C19H28N4O4S. The van der Waals surface area contributed by atoms with Crippen LogP contribution in [0.4, 0.5) is 5.69 Å². The number of amides is 2. The van der Waals surface area contributed by atoms with E-state index in [0.717, 1.165) is 32.2 Å². The van der Waals surface area contributed by atoms with E-state index in [4.69, 9.17) is 5.73 Å². The maximum Gasteiger partial charge on any atom is 0.243 e. The van der Waals surface area contributed by atoms with E-state index in [-0.39, 0.29) is 22.6 Å². The molecule has 1 aromatic carbocycles. The Hall–Kier alpha value is -1.97. The molecule has 2 fully saturated rings. The van der Waals surface area contributed by atoms with Crippen LogP contribution in [0.2, 0.25) is 0 Å². The summed E-state index contributed by atoms with van der Waals surface area (Å²) in [6, 6.07) is 5.86. The molecule has 3 N–H and O–H groups in total. The van der Waals surface area contributed by atoms with Gasteiger partial charge in [0.05, 0.1) is 16.9 Å². The summed E-state index contributed by atoms with van der Waals surface area (Å²) in [5.41, 5.74) is 5.95. The van der Waals surface area contributed by atoms with Crippen LogP contribution in [0, 0.1) is 5.92 Å². The van der Waals surface area contributed by atoms with Crippen LogP contribution < -0.4 is 11.1 Å². The maximum atomic E-state index is 12.6. The summed E-state index contributed by atoms with van der Waals surface area (Å²) in [7, 11) is -3.46. The van der Waals surface area contributed by atoms with Gasteiger partial charge in [-0.1, -0.05) is 0 Å². The Balaban J connectivity index is 1.62. The number of likely N-dealkylation sites (tertiary alicyclic amines) is 1. The summed E-state index contributed by atoms with van der Waals surface area (Å²) >= 11 is 0. The minimum Gasteiger partial charge on any atom is -0.369 e. The summed E-state index contributed by atoms with van der Waals surface area (Å²) in [5, 5.41) is 2.83. The highest BCUT2D eigenvalue weighted by Gasteiger charge is 2.30. The lowest BCUT2D eigenvalue weighted by molar-refractivity contribution is -0.127. The van der Waals surface area contributed by atoms with Gasteiger partial charge in [0.1, 0.15) is 0 Å². The van der Waals surface area contributed by atoms with Crippen molar-refractivity contribution >= 4 is 27.5 Å². The first-order valence-corrected chi connectivity index (χ1v) is 11.2. The number of nitrogens with two attached hydrogens (primary N) is 1. The molecule has 154 valence electrons. The first-order chi connectivity index (χ1) is 13.3. The van der Waals surface area contributed by atoms with E-state index in [1.165, 1.54) is 16.4 Å². The molecule has 2 heterocycles. The fraction of sp³-hybridized carbons (Fsp3) is 0.579. The molecule has 0 aromatic heterocycles. The van der Waals surface area contributed by atoms with Gasteiger partial charge in [0.25, 0.3) is 0 Å². The smallest absolute Gasteiger partial charge is 0.243 e. The van der Waals surface area contributed by atoms with Crippen LogP contribution in [-0.2, 0) is 19.6 Å². The van der Waals surface area contributed by atoms with E-state index < -0.39 is 16.1 Å². The second-order valence-corrected chi connectivity index (χ2v) is 9.48. The number of nitrogens with one attached hydrogen (secondary N) is 1. The summed E-state index contributed by atoms with van der Waals surface area (Å²) in [5.74, 6) is -0.744. The highest BCUT2D eigenvalue weighted by Crippen LogP contribution is 2.23. The van der Waals surface area contributed by atoms with Crippen molar-refractivity contribution in [1.82, 2.24) is 9.21 Å². The van der Waals surface area contributed by atoms with Crippen LogP contribution in [0.3, 0.4) is 0 Å². The molecular weight excluding hydrogens is 380 g/mol. The van der Waals surface area contributed by atoms with Gasteiger partial charge in [0, 0.05) is 25.3 Å². The van der Waals surface area contributed by atoms with Crippen molar-refractivity contribution in [2.24, 2.45) is 11.7 Å². The number of benzene rings is 1. The van der Waals surface area contributed by atoms with Crippen LogP contribution in [0.5, 0.6) is 0 Å². The Kier molecular flexibility index (Phi) is 6.36. The van der Waals surface area contributed by atoms with E-state index in [1.807, 2.05) is 4.90 Å². The molecule has 0 aliphatic carbocycles. The highest BCUT2D eigenvalue weighted by atomic mass is 32.2. The van der Waals surface area contributed by atoms with Crippen molar-refractivity contribution in [3.63, 3.8) is 0 Å². The molecule has 2 saturated heterocycles. The van der Waals surface area contributed by atoms with Crippen molar-refractivity contribution < 1.29 is 18.0 Å². The lowest BCUT2D eigenvalue weighted by Crippen LogP contribution is -2.49. The molecule has 28 heavy (non-hydrogen) atoms. The van der Waals surface area contributed by atoms with Crippen LogP contribution in [-0.4, -0.2) is 61.7 Å². The van der Waals surface area contributed by atoms with Gasteiger partial charge in [0.15, 0.2) is 0 Å². The minimum absolute atomic E-state index is 0.194. The van der Waals surface area contributed by atoms with Gasteiger partial charge in [-0.2, -0.15) is 4.31 Å². The van der Waals surface area contributed by atoms with Gasteiger partial charge in [-0.3, -0.25) is 14.5 Å². The predicted octanol–water partition coefficient (Wildman–Crippen LogP) is 0.995. The van der Waals surface area contributed by atoms with Gasteiger partial charge in [-0.15, -0.1) is 0 Å². The maximum absolute atomic E-state index is 12.6. The second-order valence-electron chi connectivity index (χ2n) is 7.54. The molecule has 0 radical (unpaired) electrons. The molecule has 3 rings (SSSR count). The number of carbonyl (C=O) groups excluding carboxylic acids is 2. The van der Waals surface area contributed by atoms with E-state index in [0.29, 0.717) is 25.3 Å². The Morgan fingerprint density at radius 3 is 2.36 bits per heavy atom. The second kappa shape index (κ2) is 8.59. The number of nitrogens with zero attached hydrogens (tertiary/aromatic N) is 2. The molecule has 2 atom stereocenters. The quantitative estimate of drug-likeness (QED) is 0.729. The highest BCUT2D eigenvalue weighted by molar-refractivity contribution is 7.89. The fourth-order valence-corrected chi connectivity index (χ4v) is 5.31. The first-order valence-electron chi connectivity index (χ1n) is 9.73. The van der Waals surface area contributed by atoms with Crippen molar-refractivity contribution in [2.75, 3.05) is 31.5 Å². The lowest BCUT2D eigenvalue weighted by Gasteiger charge is -2.34. The third-order valence-electron chi connectivity index (χ3n) is 5.61. The zero-order valence-corrected chi connectivity index (χ0v) is 17.0. The number of hydrogen-bond donors (Lipinski definition) is 2. The van der Waals surface area contributed by atoms with Gasteiger partial charge in [-0.05, 0) is 63.4 Å². The lowest BCUT2D eigenvalue weighted by atomic mass is 9.96. The first kappa shape index (κ1) is 20.8. The van der Waals surface area contributed by atoms with Crippen molar-refractivity contribution in [2.45, 2.75) is 43.5 Å². The third-order valence-corrected chi connectivity index (χ3v) is 7.52. The van der Waals surface area contributed by atoms with E-state index in [1.54, 1.807) is 19.1 Å². The van der Waals surface area contributed by atoms with Crippen molar-refractivity contribution in [3.05, 3.63) is 24.3 Å². The molecule has 2 aliphatic heterocycles. The van der Waals surface area contributed by atoms with E-state index in [9.17, 15) is 18.0 Å². The Morgan fingerprint density at radius 1 is 1.11 bits per heavy atom. The normalized spacial score (nSPS) is 22.7. The predicted molar refractivity (Wildman–Crippen MR) is 106 cm³/mol. The molecule has 1 aromatic rings. The van der Waals surface area contributed by atoms with Crippen LogP contribution in [0.25, 0.3) is 0 Å². The SMILES string of the molecule is C[C@@H](C(=O)Nc1ccc(S(=O)(=O)N2CCCC2)cc1)N1CCC[C@@H](C(N)=O)C1. The van der Waals surface area contributed by atoms with E-state index >= 15 is 0 Å². The Bertz CT molecular complexity index is 819. The summed E-state index contributed by atoms with van der Waals surface area (Å²) in [6.07, 6.45) is 3.36. The van der Waals surface area contributed by atoms with Gasteiger partial charge in [-0.25, -0.2) is 8.42 Å². The molecule has 9 heteroatoms. The summed E-state index contributed by atoms with van der Waals surface area (Å²) in [4.78, 5) is 26.2. The largest absolute Gasteiger partial charge is 0.369 e. The monoisotopic (exact) mass is 408 g/mol. The average Bonchev–Trinajstić information content (AvgIpc) is 3.23. The third kappa shape index (κ3) is 4.53. The number of carbonyl (C=O) groups is 2. The standard InChI is InChI=1S/C19H28N4O4S/c1-14(22-10-4-5-15(13-22)18(20)24)19(25)21-16-6-8-17(9-7-16)28(26,27)23-11-2-3-12-23/h6-9,14-15H,2-5,10-13H2,1H3,(H2,20,24)(H,21,25)/t14-,15+/m0/s1. The molecule has 0 unspecified atom stereocenters. The summed E-state index contributed by atoms with van der Waals surface area (Å²) < 4.78 is 26.6. The zero-order chi connectivity index (χ0) is 20.3. The van der Waals surface area contributed by atoms with Crippen LogP contribution >= 0.6 is 0 Å². The van der Waals surface area contributed by atoms with E-state index in [2.05, 4.69) is 5.32 Å². The molecule has 2 aliphatic rings. The molecule has 2 amide bonds. The van der Waals surface area contributed by atoms with Gasteiger partial charge in [0.2, 0.25) is 21.8 Å². The Labute approximate surface area is 166 Å². The van der Waals surface area contributed by atoms with Gasteiger partial charge >= 0.3 is 0 Å². The zero-order valence-electron chi connectivity index (χ0n) is 16.1. The van der Waals surface area contributed by atoms with Gasteiger partial charge < -0.3 is 11.1 Å². The number of anilines is 1. The van der Waals surface area contributed by atoms with Crippen LogP contribution in [0.1, 0.15) is 32.6 Å². The number of sulfonamides is 1. The Morgan fingerprint density at radius 2 is 1.75 bits per heavy atom. The average molecular weight is 409 g/mol. The number of rotatable bonds is 6. The van der Waals surface area contributed by atoms with Crippen molar-refractivity contribution in [3.8, 4) is 0 Å². The minimum atomic E-state index is -3.46. The molecule has 0 bridgehead atoms. The molecule has 0 spiro atoms. The number of piperidine rings is 1. The number of hydrogen-bond acceptors (Lipinski definition) is 5. The topological polar surface area (TPSA) is 113 Å². The fourth-order valence-electron chi connectivity index (χ4n) is 3.79. The van der Waals surface area contributed by atoms with Crippen LogP contribution in [0.15, 0.2) is 29.2 Å². The summed E-state index contributed by atoms with van der Waals surface area (Å²) in [6.45, 7) is 4.13.